The number of hydrogen-bond acceptors (Lipinski definition) is 3. The molecule has 2 aromatic rings. The Balaban J connectivity index is 1.76. The lowest BCUT2D eigenvalue weighted by Crippen LogP contribution is -2.25. The predicted molar refractivity (Wildman–Crippen MR) is 114 cm³/mol. The number of halogens is 2. The fourth-order valence-corrected chi connectivity index (χ4v) is 3.81. The molecule has 1 amide bonds. The number of rotatable bonds is 6. The third kappa shape index (κ3) is 4.50. The maximum atomic E-state index is 12.3. The summed E-state index contributed by atoms with van der Waals surface area (Å²) in [5, 5.41) is 8.39. The van der Waals surface area contributed by atoms with E-state index in [4.69, 9.17) is 28.0 Å². The van der Waals surface area contributed by atoms with Crippen molar-refractivity contribution in [2.45, 2.75) is 45.6 Å². The molecule has 6 heteroatoms. The van der Waals surface area contributed by atoms with Gasteiger partial charge in [0.15, 0.2) is 5.60 Å². The van der Waals surface area contributed by atoms with Gasteiger partial charge in [0.25, 0.3) is 5.91 Å². The predicted octanol–water partition coefficient (Wildman–Crippen LogP) is 5.87. The first kappa shape index (κ1) is 20.7. The third-order valence-corrected chi connectivity index (χ3v) is 5.39. The molecule has 0 aliphatic carbocycles. The van der Waals surface area contributed by atoms with Gasteiger partial charge in [-0.05, 0) is 61.7 Å². The number of carbonyl (C=O) groups excluding carboxylic acids is 1. The molecule has 0 bridgehead atoms. The van der Waals surface area contributed by atoms with E-state index in [1.165, 1.54) is 0 Å². The van der Waals surface area contributed by atoms with Crippen molar-refractivity contribution in [2.75, 3.05) is 6.54 Å². The normalized spacial score (nSPS) is 18.5. The molecular weight excluding hydrogens is 395 g/mol. The second kappa shape index (κ2) is 8.54. The van der Waals surface area contributed by atoms with E-state index < -0.39 is 5.60 Å². The molecule has 1 aliphatic heterocycles. The van der Waals surface area contributed by atoms with Crippen LogP contribution in [0.25, 0.3) is 0 Å². The maximum absolute atomic E-state index is 12.3. The second-order valence-electron chi connectivity index (χ2n) is 7.33. The first-order chi connectivity index (χ1) is 13.3. The molecule has 1 heterocycles. The highest BCUT2D eigenvalue weighted by Crippen LogP contribution is 2.38. The Morgan fingerprint density at radius 1 is 1.21 bits per heavy atom. The van der Waals surface area contributed by atoms with Gasteiger partial charge in [0.05, 0.1) is 5.71 Å². The van der Waals surface area contributed by atoms with Crippen molar-refractivity contribution in [1.29, 1.82) is 0 Å². The smallest absolute Gasteiger partial charge is 0.251 e. The van der Waals surface area contributed by atoms with Crippen LogP contribution in [0.4, 0.5) is 0 Å². The van der Waals surface area contributed by atoms with Gasteiger partial charge in [-0.25, -0.2) is 0 Å². The molecule has 0 spiro atoms. The fraction of sp³-hybridized carbons (Fsp3) is 0.364. The van der Waals surface area contributed by atoms with Crippen molar-refractivity contribution in [3.63, 3.8) is 0 Å². The molecule has 1 N–H and O–H groups in total. The molecule has 0 aromatic heterocycles. The van der Waals surface area contributed by atoms with Crippen molar-refractivity contribution in [2.24, 2.45) is 5.16 Å². The zero-order valence-electron chi connectivity index (χ0n) is 16.3. The van der Waals surface area contributed by atoms with Gasteiger partial charge in [0, 0.05) is 34.1 Å². The summed E-state index contributed by atoms with van der Waals surface area (Å²) in [4.78, 5) is 18.1. The molecule has 0 radical (unpaired) electrons. The van der Waals surface area contributed by atoms with Crippen molar-refractivity contribution in [3.05, 3.63) is 68.7 Å². The quantitative estimate of drug-likeness (QED) is 0.596. The summed E-state index contributed by atoms with van der Waals surface area (Å²) < 4.78 is 0. The van der Waals surface area contributed by atoms with E-state index in [1.54, 1.807) is 6.07 Å². The summed E-state index contributed by atoms with van der Waals surface area (Å²) in [6.07, 6.45) is 2.61. The molecule has 3 rings (SSSR count). The van der Waals surface area contributed by atoms with Gasteiger partial charge >= 0.3 is 0 Å². The number of carbonyl (C=O) groups is 1. The van der Waals surface area contributed by atoms with Crippen molar-refractivity contribution in [3.8, 4) is 0 Å². The van der Waals surface area contributed by atoms with Crippen LogP contribution in [0.3, 0.4) is 0 Å². The Labute approximate surface area is 175 Å². The van der Waals surface area contributed by atoms with Crippen molar-refractivity contribution >= 4 is 34.8 Å². The number of unbranched alkanes of at least 4 members (excludes halogenated alkanes) is 1. The topological polar surface area (TPSA) is 50.7 Å². The number of nitrogens with zero attached hydrogens (tertiary/aromatic N) is 1. The standard InChI is InChI=1S/C22H24Cl2N2O2/c1-4-5-8-25-21(27)19-7-6-15(9-14(19)2)20-13-22(3,28-26-20)16-10-17(23)12-18(24)11-16/h6-7,9-12H,4-5,8,13H2,1-3H3,(H,25,27). The molecule has 0 saturated heterocycles. The van der Waals surface area contributed by atoms with E-state index in [2.05, 4.69) is 17.4 Å². The molecule has 4 nitrogen and oxygen atoms in total. The number of hydrogen-bond donors (Lipinski definition) is 1. The van der Waals surface area contributed by atoms with Gasteiger partial charge in [0.1, 0.15) is 0 Å². The second-order valence-corrected chi connectivity index (χ2v) is 8.21. The van der Waals surface area contributed by atoms with Gasteiger partial charge in [0.2, 0.25) is 0 Å². The largest absolute Gasteiger partial charge is 0.384 e. The highest BCUT2D eigenvalue weighted by Gasteiger charge is 2.37. The summed E-state index contributed by atoms with van der Waals surface area (Å²) in [6.45, 7) is 6.69. The Morgan fingerprint density at radius 3 is 2.57 bits per heavy atom. The number of nitrogens with one attached hydrogen (secondary N) is 1. The minimum absolute atomic E-state index is 0.0412. The van der Waals surface area contributed by atoms with Crippen LogP contribution in [0.2, 0.25) is 10.0 Å². The summed E-state index contributed by atoms with van der Waals surface area (Å²) >= 11 is 12.3. The monoisotopic (exact) mass is 418 g/mol. The molecule has 28 heavy (non-hydrogen) atoms. The number of benzene rings is 2. The van der Waals surface area contributed by atoms with Gasteiger partial charge in [-0.1, -0.05) is 47.8 Å². The minimum Gasteiger partial charge on any atom is -0.384 e. The third-order valence-electron chi connectivity index (χ3n) is 4.96. The van der Waals surface area contributed by atoms with Crippen LogP contribution in [0.15, 0.2) is 41.6 Å². The van der Waals surface area contributed by atoms with E-state index in [1.807, 2.05) is 44.2 Å². The minimum atomic E-state index is -0.631. The molecule has 2 aromatic carbocycles. The Kier molecular flexibility index (Phi) is 6.31. The van der Waals surface area contributed by atoms with Crippen LogP contribution in [-0.2, 0) is 10.4 Å². The van der Waals surface area contributed by atoms with E-state index >= 15 is 0 Å². The first-order valence-electron chi connectivity index (χ1n) is 9.43. The van der Waals surface area contributed by atoms with Crippen molar-refractivity contribution < 1.29 is 9.63 Å². The zero-order chi connectivity index (χ0) is 20.3. The highest BCUT2D eigenvalue weighted by molar-refractivity contribution is 6.34. The van der Waals surface area contributed by atoms with Crippen LogP contribution in [0.5, 0.6) is 0 Å². The lowest BCUT2D eigenvalue weighted by molar-refractivity contribution is -0.00737. The molecule has 1 atom stereocenters. The summed E-state index contributed by atoms with van der Waals surface area (Å²) in [7, 11) is 0. The maximum Gasteiger partial charge on any atom is 0.251 e. The van der Waals surface area contributed by atoms with Crippen LogP contribution in [0, 0.1) is 6.92 Å². The van der Waals surface area contributed by atoms with E-state index in [-0.39, 0.29) is 5.91 Å². The van der Waals surface area contributed by atoms with Gasteiger partial charge in [-0.3, -0.25) is 4.79 Å². The van der Waals surface area contributed by atoms with Crippen LogP contribution < -0.4 is 5.32 Å². The average Bonchev–Trinajstić information content (AvgIpc) is 3.04. The van der Waals surface area contributed by atoms with E-state index in [0.29, 0.717) is 28.6 Å². The van der Waals surface area contributed by atoms with E-state index in [0.717, 1.165) is 35.2 Å². The number of aryl methyl sites for hydroxylation is 1. The number of oxime groups is 1. The Morgan fingerprint density at radius 2 is 1.93 bits per heavy atom. The van der Waals surface area contributed by atoms with Crippen molar-refractivity contribution in [1.82, 2.24) is 5.32 Å². The molecule has 0 fully saturated rings. The Hall–Kier alpha value is -2.04. The molecule has 148 valence electrons. The zero-order valence-corrected chi connectivity index (χ0v) is 17.8. The van der Waals surface area contributed by atoms with Gasteiger partial charge in [-0.15, -0.1) is 0 Å². The van der Waals surface area contributed by atoms with Crippen LogP contribution in [-0.4, -0.2) is 18.2 Å². The Bertz CT molecular complexity index is 906. The number of amides is 1. The summed E-state index contributed by atoms with van der Waals surface area (Å²) in [6, 6.07) is 11.1. The molecule has 0 saturated carbocycles. The van der Waals surface area contributed by atoms with E-state index in [9.17, 15) is 4.79 Å². The highest BCUT2D eigenvalue weighted by atomic mass is 35.5. The van der Waals surface area contributed by atoms with Gasteiger partial charge in [-0.2, -0.15) is 0 Å². The first-order valence-corrected chi connectivity index (χ1v) is 10.2. The summed E-state index contributed by atoms with van der Waals surface area (Å²) in [5.74, 6) is -0.0412. The lowest BCUT2D eigenvalue weighted by atomic mass is 9.88. The molecular formula is C22H24Cl2N2O2. The van der Waals surface area contributed by atoms with Crippen LogP contribution >= 0.6 is 23.2 Å². The SMILES string of the molecule is CCCCNC(=O)c1ccc(C2=NOC(C)(c3cc(Cl)cc(Cl)c3)C2)cc1C. The molecule has 1 aliphatic rings. The lowest BCUT2D eigenvalue weighted by Gasteiger charge is -2.22. The fourth-order valence-electron chi connectivity index (χ4n) is 3.28. The van der Waals surface area contributed by atoms with Gasteiger partial charge < -0.3 is 10.2 Å². The average molecular weight is 419 g/mol. The summed E-state index contributed by atoms with van der Waals surface area (Å²) in [5.41, 5.74) is 3.62. The molecule has 1 unspecified atom stereocenters. The van der Waals surface area contributed by atoms with Crippen LogP contribution in [0.1, 0.15) is 60.2 Å².